The van der Waals surface area contributed by atoms with E-state index in [2.05, 4.69) is 10.2 Å². The molecule has 22 heavy (non-hydrogen) atoms. The van der Waals surface area contributed by atoms with Crippen molar-refractivity contribution in [3.63, 3.8) is 0 Å². The molecule has 1 aromatic carbocycles. The molecule has 112 valence electrons. The highest BCUT2D eigenvalue weighted by Gasteiger charge is 2.17. The minimum Gasteiger partial charge on any atom is -0.480 e. The van der Waals surface area contributed by atoms with E-state index in [0.29, 0.717) is 5.56 Å². The van der Waals surface area contributed by atoms with Gasteiger partial charge < -0.3 is 9.52 Å². The molecule has 0 radical (unpaired) electrons. The predicted molar refractivity (Wildman–Crippen MR) is 75.7 cm³/mol. The van der Waals surface area contributed by atoms with Crippen LogP contribution in [0.1, 0.15) is 5.69 Å². The van der Waals surface area contributed by atoms with E-state index >= 15 is 0 Å². The smallest absolute Gasteiger partial charge is 0.437 e. The van der Waals surface area contributed by atoms with E-state index in [-0.39, 0.29) is 5.89 Å². The van der Waals surface area contributed by atoms with Crippen LogP contribution in [0.3, 0.4) is 0 Å². The summed E-state index contributed by atoms with van der Waals surface area (Å²) in [6, 6.07) is 9.46. The summed E-state index contributed by atoms with van der Waals surface area (Å²) in [5.41, 5.74) is 2.12. The van der Waals surface area contributed by atoms with Gasteiger partial charge in [0.2, 0.25) is 0 Å². The molecule has 2 aromatic heterocycles. The Morgan fingerprint density at radius 2 is 2.05 bits per heavy atom. The maximum absolute atomic E-state index is 11.6. The number of rotatable bonds is 4. The van der Waals surface area contributed by atoms with Crippen LogP contribution in [0.5, 0.6) is 0 Å². The van der Waals surface area contributed by atoms with Crippen LogP contribution in [0, 0.1) is 6.92 Å². The molecule has 8 nitrogen and oxygen atoms in total. The van der Waals surface area contributed by atoms with Gasteiger partial charge in [0.25, 0.3) is 5.89 Å². The number of aromatic nitrogens is 4. The quantitative estimate of drug-likeness (QED) is 0.773. The molecule has 0 aliphatic rings. The molecule has 0 fully saturated rings. The highest BCUT2D eigenvalue weighted by atomic mass is 16.4. The molecule has 0 unspecified atom stereocenters. The van der Waals surface area contributed by atoms with Gasteiger partial charge in [-0.15, -0.1) is 5.10 Å². The second-order valence-corrected chi connectivity index (χ2v) is 4.62. The number of aliphatic carboxylic acids is 1. The van der Waals surface area contributed by atoms with Gasteiger partial charge in [0.15, 0.2) is 0 Å². The summed E-state index contributed by atoms with van der Waals surface area (Å²) in [4.78, 5) is 22.2. The number of carboxylic acid groups (broad SMARTS) is 1. The van der Waals surface area contributed by atoms with Gasteiger partial charge in [-0.2, -0.15) is 9.78 Å². The van der Waals surface area contributed by atoms with E-state index in [4.69, 9.17) is 9.52 Å². The Bertz CT molecular complexity index is 876. The van der Waals surface area contributed by atoms with E-state index in [1.54, 1.807) is 4.68 Å². The zero-order valence-corrected chi connectivity index (χ0v) is 11.6. The van der Waals surface area contributed by atoms with Crippen molar-refractivity contribution < 1.29 is 14.3 Å². The van der Waals surface area contributed by atoms with Crippen LogP contribution < -0.4 is 5.76 Å². The van der Waals surface area contributed by atoms with E-state index < -0.39 is 18.3 Å². The molecule has 0 bridgehead atoms. The van der Waals surface area contributed by atoms with Crippen molar-refractivity contribution in [3.05, 3.63) is 52.8 Å². The largest absolute Gasteiger partial charge is 0.480 e. The number of benzene rings is 1. The van der Waals surface area contributed by atoms with E-state index in [0.717, 1.165) is 16.1 Å². The number of carbonyl (C=O) groups is 1. The van der Waals surface area contributed by atoms with Gasteiger partial charge in [0.1, 0.15) is 6.54 Å². The Kier molecular flexibility index (Phi) is 3.34. The third-order valence-corrected chi connectivity index (χ3v) is 3.13. The molecule has 0 amide bonds. The normalized spacial score (nSPS) is 10.8. The van der Waals surface area contributed by atoms with Crippen LogP contribution in [0.4, 0.5) is 0 Å². The van der Waals surface area contributed by atoms with Crippen LogP contribution in [-0.2, 0) is 11.3 Å². The molecule has 1 N–H and O–H groups in total. The second kappa shape index (κ2) is 5.32. The first kappa shape index (κ1) is 13.8. The fourth-order valence-electron chi connectivity index (χ4n) is 2.09. The lowest BCUT2D eigenvalue weighted by molar-refractivity contribution is -0.138. The van der Waals surface area contributed by atoms with E-state index in [1.165, 1.54) is 6.20 Å². The first-order valence-corrected chi connectivity index (χ1v) is 6.46. The zero-order chi connectivity index (χ0) is 15.7. The van der Waals surface area contributed by atoms with Crippen molar-refractivity contribution >= 4 is 5.97 Å². The summed E-state index contributed by atoms with van der Waals surface area (Å²) in [5, 5.41) is 16.9. The average Bonchev–Trinajstić information content (AvgIpc) is 3.03. The Morgan fingerprint density at radius 3 is 2.73 bits per heavy atom. The van der Waals surface area contributed by atoms with E-state index in [9.17, 15) is 9.59 Å². The number of carboxylic acids is 1. The van der Waals surface area contributed by atoms with Gasteiger partial charge in [0, 0.05) is 0 Å². The second-order valence-electron chi connectivity index (χ2n) is 4.62. The Balaban J connectivity index is 2.02. The summed E-state index contributed by atoms with van der Waals surface area (Å²) in [6.07, 6.45) is 1.53. The van der Waals surface area contributed by atoms with Crippen LogP contribution in [0.25, 0.3) is 17.1 Å². The minimum absolute atomic E-state index is 0.0472. The Hall–Kier alpha value is -3.16. The van der Waals surface area contributed by atoms with Gasteiger partial charge in [-0.05, 0) is 19.1 Å². The summed E-state index contributed by atoms with van der Waals surface area (Å²) in [7, 11) is 0. The summed E-state index contributed by atoms with van der Waals surface area (Å²) in [6.45, 7) is 1.26. The third-order valence-electron chi connectivity index (χ3n) is 3.13. The standard InChI is InChI=1S/C14H12N4O4/c1-9-11(7-15-18(9)10-5-3-2-4-6-10)13-16-17(8-12(19)20)14(21)22-13/h2-7H,8H2,1H3,(H,19,20). The van der Waals surface area contributed by atoms with Crippen molar-refractivity contribution in [1.29, 1.82) is 0 Å². The number of hydrogen-bond acceptors (Lipinski definition) is 5. The molecule has 0 saturated heterocycles. The lowest BCUT2D eigenvalue weighted by Gasteiger charge is -2.03. The molecule has 2 heterocycles. The topological polar surface area (TPSA) is 103 Å². The predicted octanol–water partition coefficient (Wildman–Crippen LogP) is 1.08. The van der Waals surface area contributed by atoms with Crippen molar-refractivity contribution in [2.45, 2.75) is 13.5 Å². The van der Waals surface area contributed by atoms with Gasteiger partial charge in [-0.25, -0.2) is 9.48 Å². The van der Waals surface area contributed by atoms with Crippen LogP contribution in [0.2, 0.25) is 0 Å². The summed E-state index contributed by atoms with van der Waals surface area (Å²) in [5.74, 6) is -1.94. The minimum atomic E-state index is -1.17. The third kappa shape index (κ3) is 2.41. The van der Waals surface area contributed by atoms with Crippen LogP contribution >= 0.6 is 0 Å². The monoisotopic (exact) mass is 300 g/mol. The highest BCUT2D eigenvalue weighted by Crippen LogP contribution is 2.22. The molecule has 3 aromatic rings. The molecule has 0 saturated carbocycles. The van der Waals surface area contributed by atoms with Gasteiger partial charge in [0.05, 0.1) is 23.1 Å². The molecular weight excluding hydrogens is 288 g/mol. The van der Waals surface area contributed by atoms with Crippen molar-refractivity contribution in [2.24, 2.45) is 0 Å². The van der Waals surface area contributed by atoms with Crippen molar-refractivity contribution in [2.75, 3.05) is 0 Å². The highest BCUT2D eigenvalue weighted by molar-refractivity contribution is 5.66. The van der Waals surface area contributed by atoms with Gasteiger partial charge >= 0.3 is 11.7 Å². The number of para-hydroxylation sites is 1. The molecule has 0 spiro atoms. The Labute approximate surface area is 124 Å². The Morgan fingerprint density at radius 1 is 1.32 bits per heavy atom. The fraction of sp³-hybridized carbons (Fsp3) is 0.143. The van der Waals surface area contributed by atoms with E-state index in [1.807, 2.05) is 37.3 Å². The van der Waals surface area contributed by atoms with Crippen LogP contribution in [0.15, 0.2) is 45.7 Å². The lowest BCUT2D eigenvalue weighted by atomic mass is 10.2. The summed E-state index contributed by atoms with van der Waals surface area (Å²) >= 11 is 0. The molecule has 8 heteroatoms. The first-order chi connectivity index (χ1) is 10.6. The zero-order valence-electron chi connectivity index (χ0n) is 11.6. The van der Waals surface area contributed by atoms with Gasteiger partial charge in [-0.1, -0.05) is 18.2 Å². The molecule has 0 aliphatic carbocycles. The van der Waals surface area contributed by atoms with Gasteiger partial charge in [-0.3, -0.25) is 4.79 Å². The van der Waals surface area contributed by atoms with Crippen molar-refractivity contribution in [3.8, 4) is 17.1 Å². The summed E-state index contributed by atoms with van der Waals surface area (Å²) < 4.78 is 7.46. The SMILES string of the molecule is Cc1c(-c2nn(CC(=O)O)c(=O)o2)cnn1-c1ccccc1. The average molecular weight is 300 g/mol. The number of nitrogens with zero attached hydrogens (tertiary/aromatic N) is 4. The first-order valence-electron chi connectivity index (χ1n) is 6.46. The lowest BCUT2D eigenvalue weighted by Crippen LogP contribution is -2.20. The molecule has 3 rings (SSSR count). The molecule has 0 atom stereocenters. The molecular formula is C14H12N4O4. The number of hydrogen-bond donors (Lipinski definition) is 1. The van der Waals surface area contributed by atoms with Crippen LogP contribution in [-0.4, -0.2) is 30.6 Å². The molecule has 0 aliphatic heterocycles. The fourth-order valence-corrected chi connectivity index (χ4v) is 2.09. The maximum Gasteiger partial charge on any atom is 0.437 e. The maximum atomic E-state index is 11.6. The van der Waals surface area contributed by atoms with Crippen molar-refractivity contribution in [1.82, 2.24) is 19.6 Å².